The van der Waals surface area contributed by atoms with Gasteiger partial charge in [-0.2, -0.15) is 0 Å². The van der Waals surface area contributed by atoms with Gasteiger partial charge in [0.15, 0.2) is 0 Å². The van der Waals surface area contributed by atoms with E-state index >= 15 is 0 Å². The fourth-order valence-electron chi connectivity index (χ4n) is 2.95. The SMILES string of the molecule is CC(C)N1CCC(C(N)CNC2CCC2)CC1. The number of hydrogen-bond acceptors (Lipinski definition) is 3. The molecule has 1 atom stereocenters. The molecule has 3 heteroatoms. The summed E-state index contributed by atoms with van der Waals surface area (Å²) in [6.07, 6.45) is 6.69. The van der Waals surface area contributed by atoms with Gasteiger partial charge in [0.25, 0.3) is 0 Å². The maximum atomic E-state index is 6.32. The average molecular weight is 239 g/mol. The summed E-state index contributed by atoms with van der Waals surface area (Å²) in [4.78, 5) is 2.57. The Morgan fingerprint density at radius 2 is 1.82 bits per heavy atom. The lowest BCUT2D eigenvalue weighted by atomic mass is 9.88. The third-order valence-corrected chi connectivity index (χ3v) is 4.66. The quantitative estimate of drug-likeness (QED) is 0.765. The molecule has 0 amide bonds. The molecule has 1 aliphatic heterocycles. The van der Waals surface area contributed by atoms with Gasteiger partial charge < -0.3 is 16.0 Å². The molecular formula is C14H29N3. The van der Waals surface area contributed by atoms with E-state index in [1.807, 2.05) is 0 Å². The highest BCUT2D eigenvalue weighted by molar-refractivity contribution is 4.85. The van der Waals surface area contributed by atoms with Crippen molar-refractivity contribution in [3.05, 3.63) is 0 Å². The van der Waals surface area contributed by atoms with E-state index in [1.165, 1.54) is 45.2 Å². The van der Waals surface area contributed by atoms with E-state index in [0.717, 1.165) is 18.5 Å². The van der Waals surface area contributed by atoms with Crippen LogP contribution < -0.4 is 11.1 Å². The molecule has 3 nitrogen and oxygen atoms in total. The molecule has 1 unspecified atom stereocenters. The molecule has 17 heavy (non-hydrogen) atoms. The highest BCUT2D eigenvalue weighted by atomic mass is 15.1. The van der Waals surface area contributed by atoms with Gasteiger partial charge in [-0.3, -0.25) is 0 Å². The van der Waals surface area contributed by atoms with Gasteiger partial charge in [0.1, 0.15) is 0 Å². The zero-order chi connectivity index (χ0) is 12.3. The highest BCUT2D eigenvalue weighted by Crippen LogP contribution is 2.22. The Hall–Kier alpha value is -0.120. The predicted octanol–water partition coefficient (Wildman–Crippen LogP) is 1.58. The predicted molar refractivity (Wildman–Crippen MR) is 73.1 cm³/mol. The normalized spacial score (nSPS) is 26.1. The zero-order valence-corrected chi connectivity index (χ0v) is 11.5. The van der Waals surface area contributed by atoms with Crippen LogP contribution in [0.5, 0.6) is 0 Å². The van der Waals surface area contributed by atoms with Crippen molar-refractivity contribution in [1.82, 2.24) is 10.2 Å². The molecule has 2 fully saturated rings. The highest BCUT2D eigenvalue weighted by Gasteiger charge is 2.26. The Morgan fingerprint density at radius 1 is 1.18 bits per heavy atom. The lowest BCUT2D eigenvalue weighted by Gasteiger charge is -2.37. The minimum atomic E-state index is 0.366. The third kappa shape index (κ3) is 3.67. The minimum Gasteiger partial charge on any atom is -0.326 e. The first kappa shape index (κ1) is 13.3. The van der Waals surface area contributed by atoms with Crippen LogP contribution in [0, 0.1) is 5.92 Å². The van der Waals surface area contributed by atoms with Gasteiger partial charge in [-0.05, 0) is 58.5 Å². The summed E-state index contributed by atoms with van der Waals surface area (Å²) in [5, 5.41) is 3.61. The van der Waals surface area contributed by atoms with Crippen molar-refractivity contribution >= 4 is 0 Å². The Balaban J connectivity index is 1.64. The zero-order valence-electron chi connectivity index (χ0n) is 11.5. The molecule has 3 N–H and O–H groups in total. The van der Waals surface area contributed by atoms with E-state index in [9.17, 15) is 0 Å². The molecule has 1 saturated heterocycles. The summed E-state index contributed by atoms with van der Waals surface area (Å²) in [6, 6.07) is 1.84. The summed E-state index contributed by atoms with van der Waals surface area (Å²) >= 11 is 0. The molecule has 0 spiro atoms. The standard InChI is InChI=1S/C14H29N3/c1-11(2)17-8-6-12(7-9-17)14(15)10-16-13-4-3-5-13/h11-14,16H,3-10,15H2,1-2H3. The van der Waals surface area contributed by atoms with Gasteiger partial charge in [0.2, 0.25) is 0 Å². The van der Waals surface area contributed by atoms with E-state index in [4.69, 9.17) is 5.73 Å². The van der Waals surface area contributed by atoms with E-state index in [2.05, 4.69) is 24.1 Å². The van der Waals surface area contributed by atoms with Crippen molar-refractivity contribution in [3.8, 4) is 0 Å². The maximum Gasteiger partial charge on any atom is 0.0194 e. The Morgan fingerprint density at radius 3 is 2.29 bits per heavy atom. The summed E-state index contributed by atoms with van der Waals surface area (Å²) in [5.41, 5.74) is 6.32. The van der Waals surface area contributed by atoms with Gasteiger partial charge in [0.05, 0.1) is 0 Å². The number of nitrogens with two attached hydrogens (primary N) is 1. The Kier molecular flexibility index (Phi) is 4.83. The second-order valence-corrected chi connectivity index (χ2v) is 6.17. The van der Waals surface area contributed by atoms with Crippen LogP contribution >= 0.6 is 0 Å². The molecule has 1 heterocycles. The van der Waals surface area contributed by atoms with Gasteiger partial charge in [0, 0.05) is 24.7 Å². The van der Waals surface area contributed by atoms with Crippen molar-refractivity contribution in [2.45, 2.75) is 64.1 Å². The van der Waals surface area contributed by atoms with E-state index in [-0.39, 0.29) is 0 Å². The molecule has 100 valence electrons. The molecule has 0 aromatic carbocycles. The topological polar surface area (TPSA) is 41.3 Å². The number of rotatable bonds is 5. The monoisotopic (exact) mass is 239 g/mol. The number of nitrogens with zero attached hydrogens (tertiary/aromatic N) is 1. The van der Waals surface area contributed by atoms with Crippen molar-refractivity contribution in [2.24, 2.45) is 11.7 Å². The fourth-order valence-corrected chi connectivity index (χ4v) is 2.95. The van der Waals surface area contributed by atoms with E-state index in [0.29, 0.717) is 12.1 Å². The largest absolute Gasteiger partial charge is 0.326 e. The first-order valence-electron chi connectivity index (χ1n) is 7.40. The first-order valence-corrected chi connectivity index (χ1v) is 7.40. The van der Waals surface area contributed by atoms with Crippen molar-refractivity contribution < 1.29 is 0 Å². The van der Waals surface area contributed by atoms with Crippen molar-refractivity contribution in [3.63, 3.8) is 0 Å². The summed E-state index contributed by atoms with van der Waals surface area (Å²) in [7, 11) is 0. The molecule has 0 radical (unpaired) electrons. The lowest BCUT2D eigenvalue weighted by molar-refractivity contribution is 0.135. The fraction of sp³-hybridized carbons (Fsp3) is 1.00. The summed E-state index contributed by atoms with van der Waals surface area (Å²) in [5.74, 6) is 0.734. The van der Waals surface area contributed by atoms with E-state index in [1.54, 1.807) is 0 Å². The van der Waals surface area contributed by atoms with Crippen LogP contribution in [0.1, 0.15) is 46.0 Å². The molecule has 2 aliphatic rings. The Labute approximate surface area is 106 Å². The van der Waals surface area contributed by atoms with Crippen LogP contribution in [0.2, 0.25) is 0 Å². The number of likely N-dealkylation sites (tertiary alicyclic amines) is 1. The van der Waals surface area contributed by atoms with Crippen molar-refractivity contribution in [2.75, 3.05) is 19.6 Å². The van der Waals surface area contributed by atoms with Crippen molar-refractivity contribution in [1.29, 1.82) is 0 Å². The number of nitrogens with one attached hydrogen (secondary N) is 1. The third-order valence-electron chi connectivity index (χ3n) is 4.66. The van der Waals surface area contributed by atoms with Crippen LogP contribution in [0.4, 0.5) is 0 Å². The average Bonchev–Trinajstić information content (AvgIpc) is 2.27. The van der Waals surface area contributed by atoms with Crippen LogP contribution in [0.25, 0.3) is 0 Å². The molecule has 2 rings (SSSR count). The molecule has 0 aromatic heterocycles. The second kappa shape index (κ2) is 6.17. The van der Waals surface area contributed by atoms with Gasteiger partial charge in [-0.1, -0.05) is 6.42 Å². The van der Waals surface area contributed by atoms with E-state index < -0.39 is 0 Å². The molecular weight excluding hydrogens is 210 g/mol. The lowest BCUT2D eigenvalue weighted by Crippen LogP contribution is -2.49. The Bertz CT molecular complexity index is 218. The maximum absolute atomic E-state index is 6.32. The van der Waals surface area contributed by atoms with Gasteiger partial charge >= 0.3 is 0 Å². The minimum absolute atomic E-state index is 0.366. The summed E-state index contributed by atoms with van der Waals surface area (Å²) in [6.45, 7) is 8.08. The van der Waals surface area contributed by atoms with Crippen LogP contribution in [0.15, 0.2) is 0 Å². The van der Waals surface area contributed by atoms with Crippen LogP contribution in [-0.2, 0) is 0 Å². The van der Waals surface area contributed by atoms with Gasteiger partial charge in [-0.15, -0.1) is 0 Å². The molecule has 0 aromatic rings. The second-order valence-electron chi connectivity index (χ2n) is 6.17. The smallest absolute Gasteiger partial charge is 0.0194 e. The molecule has 1 aliphatic carbocycles. The number of hydrogen-bond donors (Lipinski definition) is 2. The van der Waals surface area contributed by atoms with Gasteiger partial charge in [-0.25, -0.2) is 0 Å². The van der Waals surface area contributed by atoms with Crippen LogP contribution in [-0.4, -0.2) is 42.7 Å². The number of piperidine rings is 1. The molecule has 0 bridgehead atoms. The molecule has 1 saturated carbocycles. The first-order chi connectivity index (χ1) is 8.16. The summed E-state index contributed by atoms with van der Waals surface area (Å²) < 4.78 is 0. The van der Waals surface area contributed by atoms with Crippen LogP contribution in [0.3, 0.4) is 0 Å².